The maximum absolute atomic E-state index is 3.67. The second-order valence-corrected chi connectivity index (χ2v) is 9.33. The topological polar surface area (TPSA) is 4.93 Å². The SMILES string of the molecule is CC1(C)c2ccccc2-c2ccc(-n3c4ccccc4c4ccc(Br)cc43)cc21. The number of nitrogens with zero attached hydrogens (tertiary/aromatic N) is 1. The summed E-state index contributed by atoms with van der Waals surface area (Å²) in [6, 6.07) is 31.0. The van der Waals surface area contributed by atoms with Gasteiger partial charge in [0, 0.05) is 26.3 Å². The molecule has 1 aliphatic carbocycles. The minimum Gasteiger partial charge on any atom is -0.309 e. The molecule has 1 nitrogen and oxygen atoms in total. The third kappa shape index (κ3) is 2.27. The number of aromatic nitrogens is 1. The quantitative estimate of drug-likeness (QED) is 0.251. The van der Waals surface area contributed by atoms with Gasteiger partial charge in [-0.2, -0.15) is 0 Å². The third-order valence-electron chi connectivity index (χ3n) is 6.46. The number of hydrogen-bond donors (Lipinski definition) is 0. The van der Waals surface area contributed by atoms with Crippen LogP contribution in [0.3, 0.4) is 0 Å². The smallest absolute Gasteiger partial charge is 0.0552 e. The molecular weight excluding hydrogens is 418 g/mol. The summed E-state index contributed by atoms with van der Waals surface area (Å²) in [4.78, 5) is 0. The molecule has 5 aromatic rings. The molecule has 0 saturated carbocycles. The lowest BCUT2D eigenvalue weighted by Gasteiger charge is -2.22. The van der Waals surface area contributed by atoms with Crippen LogP contribution >= 0.6 is 15.9 Å². The molecule has 29 heavy (non-hydrogen) atoms. The molecule has 0 saturated heterocycles. The van der Waals surface area contributed by atoms with Crippen LogP contribution in [0, 0.1) is 0 Å². The van der Waals surface area contributed by atoms with Gasteiger partial charge in [0.25, 0.3) is 0 Å². The molecule has 0 amide bonds. The van der Waals surface area contributed by atoms with Gasteiger partial charge in [0.05, 0.1) is 11.0 Å². The molecule has 1 heterocycles. The van der Waals surface area contributed by atoms with E-state index in [9.17, 15) is 0 Å². The van der Waals surface area contributed by atoms with Gasteiger partial charge in [0.15, 0.2) is 0 Å². The summed E-state index contributed by atoms with van der Waals surface area (Å²) in [6.07, 6.45) is 0. The first-order chi connectivity index (χ1) is 14.1. The van der Waals surface area contributed by atoms with Gasteiger partial charge in [-0.3, -0.25) is 0 Å². The van der Waals surface area contributed by atoms with E-state index in [-0.39, 0.29) is 5.41 Å². The molecule has 0 bridgehead atoms. The van der Waals surface area contributed by atoms with Crippen molar-refractivity contribution in [3.8, 4) is 16.8 Å². The van der Waals surface area contributed by atoms with Crippen LogP contribution < -0.4 is 0 Å². The lowest BCUT2D eigenvalue weighted by Crippen LogP contribution is -2.15. The van der Waals surface area contributed by atoms with Crippen molar-refractivity contribution in [3.63, 3.8) is 0 Å². The average Bonchev–Trinajstić information content (AvgIpc) is 3.17. The molecule has 0 atom stereocenters. The van der Waals surface area contributed by atoms with Gasteiger partial charge in [-0.25, -0.2) is 0 Å². The van der Waals surface area contributed by atoms with Crippen LogP contribution in [-0.2, 0) is 5.41 Å². The summed E-state index contributed by atoms with van der Waals surface area (Å²) >= 11 is 3.67. The lowest BCUT2D eigenvalue weighted by atomic mass is 9.82. The molecule has 140 valence electrons. The number of rotatable bonds is 1. The van der Waals surface area contributed by atoms with Crippen LogP contribution in [0.15, 0.2) is 89.4 Å². The van der Waals surface area contributed by atoms with Gasteiger partial charge in [-0.15, -0.1) is 0 Å². The standard InChI is InChI=1S/C27H20BrN/c1-27(2)23-9-5-3-7-19(23)20-14-12-18(16-24(20)27)29-25-10-6-4-8-21(25)22-13-11-17(28)15-26(22)29/h3-16H,1-2H3. The van der Waals surface area contributed by atoms with Crippen molar-refractivity contribution < 1.29 is 0 Å². The van der Waals surface area contributed by atoms with Gasteiger partial charge in [-0.1, -0.05) is 84.4 Å². The molecule has 4 aromatic carbocycles. The maximum atomic E-state index is 3.67. The highest BCUT2D eigenvalue weighted by molar-refractivity contribution is 9.10. The van der Waals surface area contributed by atoms with Gasteiger partial charge in [-0.05, 0) is 52.6 Å². The van der Waals surface area contributed by atoms with Crippen LogP contribution in [-0.4, -0.2) is 4.57 Å². The monoisotopic (exact) mass is 437 g/mol. The first kappa shape index (κ1) is 17.1. The van der Waals surface area contributed by atoms with Crippen molar-refractivity contribution in [2.24, 2.45) is 0 Å². The molecular formula is C27H20BrN. The van der Waals surface area contributed by atoms with E-state index in [0.29, 0.717) is 0 Å². The molecule has 0 spiro atoms. The Balaban J connectivity index is 1.68. The second kappa shape index (κ2) is 5.84. The number of halogens is 1. The first-order valence-electron chi connectivity index (χ1n) is 9.99. The summed E-state index contributed by atoms with van der Waals surface area (Å²) < 4.78 is 3.50. The van der Waals surface area contributed by atoms with E-state index in [2.05, 4.69) is 119 Å². The van der Waals surface area contributed by atoms with Crippen LogP contribution in [0.25, 0.3) is 38.6 Å². The van der Waals surface area contributed by atoms with E-state index in [0.717, 1.165) is 4.47 Å². The zero-order chi connectivity index (χ0) is 19.8. The van der Waals surface area contributed by atoms with Crippen molar-refractivity contribution >= 4 is 37.7 Å². The fourth-order valence-electron chi connectivity index (χ4n) is 5.05. The summed E-state index contributed by atoms with van der Waals surface area (Å²) in [6.45, 7) is 4.67. The molecule has 0 radical (unpaired) electrons. The highest BCUT2D eigenvalue weighted by Gasteiger charge is 2.35. The minimum atomic E-state index is 0.00127. The predicted molar refractivity (Wildman–Crippen MR) is 126 cm³/mol. The number of fused-ring (bicyclic) bond motifs is 6. The van der Waals surface area contributed by atoms with Gasteiger partial charge >= 0.3 is 0 Å². The van der Waals surface area contributed by atoms with E-state index >= 15 is 0 Å². The van der Waals surface area contributed by atoms with Crippen molar-refractivity contribution in [1.29, 1.82) is 0 Å². The summed E-state index contributed by atoms with van der Waals surface area (Å²) in [5.74, 6) is 0. The summed E-state index contributed by atoms with van der Waals surface area (Å²) in [5, 5.41) is 2.57. The molecule has 1 aromatic heterocycles. The number of benzene rings is 4. The lowest BCUT2D eigenvalue weighted by molar-refractivity contribution is 0.660. The molecule has 6 rings (SSSR count). The first-order valence-corrected chi connectivity index (χ1v) is 10.8. The fourth-order valence-corrected chi connectivity index (χ4v) is 5.40. The molecule has 2 heteroatoms. The molecule has 0 fully saturated rings. The van der Waals surface area contributed by atoms with Crippen molar-refractivity contribution in [2.75, 3.05) is 0 Å². The number of hydrogen-bond acceptors (Lipinski definition) is 0. The highest BCUT2D eigenvalue weighted by atomic mass is 79.9. The molecule has 1 aliphatic rings. The predicted octanol–water partition coefficient (Wildman–Crippen LogP) is 7.85. The average molecular weight is 438 g/mol. The Hall–Kier alpha value is -2.84. The highest BCUT2D eigenvalue weighted by Crippen LogP contribution is 2.49. The van der Waals surface area contributed by atoms with Crippen LogP contribution in [0.4, 0.5) is 0 Å². The van der Waals surface area contributed by atoms with Gasteiger partial charge in [0.2, 0.25) is 0 Å². The summed E-state index contributed by atoms with van der Waals surface area (Å²) in [5.41, 5.74) is 9.23. The molecule has 0 unspecified atom stereocenters. The van der Waals surface area contributed by atoms with E-state index < -0.39 is 0 Å². The largest absolute Gasteiger partial charge is 0.309 e. The zero-order valence-corrected chi connectivity index (χ0v) is 18.0. The Labute approximate surface area is 178 Å². The Morgan fingerprint density at radius 3 is 2.28 bits per heavy atom. The summed E-state index contributed by atoms with van der Waals surface area (Å²) in [7, 11) is 0. The van der Waals surface area contributed by atoms with E-state index in [1.807, 2.05) is 0 Å². The second-order valence-electron chi connectivity index (χ2n) is 8.41. The van der Waals surface area contributed by atoms with Gasteiger partial charge < -0.3 is 4.57 Å². The maximum Gasteiger partial charge on any atom is 0.0552 e. The van der Waals surface area contributed by atoms with Crippen molar-refractivity contribution in [3.05, 3.63) is 101 Å². The fraction of sp³-hybridized carbons (Fsp3) is 0.111. The molecule has 0 aliphatic heterocycles. The molecule has 0 N–H and O–H groups in total. The number of para-hydroxylation sites is 1. The normalized spacial score (nSPS) is 14.3. The van der Waals surface area contributed by atoms with Crippen molar-refractivity contribution in [1.82, 2.24) is 4.57 Å². The van der Waals surface area contributed by atoms with E-state index in [1.54, 1.807) is 0 Å². The van der Waals surface area contributed by atoms with Crippen LogP contribution in [0.2, 0.25) is 0 Å². The van der Waals surface area contributed by atoms with E-state index in [4.69, 9.17) is 0 Å². The Kier molecular flexibility index (Phi) is 3.43. The van der Waals surface area contributed by atoms with E-state index in [1.165, 1.54) is 49.7 Å². The Morgan fingerprint density at radius 2 is 1.38 bits per heavy atom. The van der Waals surface area contributed by atoms with Crippen LogP contribution in [0.1, 0.15) is 25.0 Å². The van der Waals surface area contributed by atoms with Crippen molar-refractivity contribution in [2.45, 2.75) is 19.3 Å². The van der Waals surface area contributed by atoms with Crippen LogP contribution in [0.5, 0.6) is 0 Å². The minimum absolute atomic E-state index is 0.00127. The van der Waals surface area contributed by atoms with Gasteiger partial charge in [0.1, 0.15) is 0 Å². The Bertz CT molecular complexity index is 1440. The zero-order valence-electron chi connectivity index (χ0n) is 16.4. The third-order valence-corrected chi connectivity index (χ3v) is 6.95. The Morgan fingerprint density at radius 1 is 0.655 bits per heavy atom.